The topological polar surface area (TPSA) is 84.2 Å². The van der Waals surface area contributed by atoms with Crippen LogP contribution in [0.2, 0.25) is 0 Å². The fraction of sp³-hybridized carbons (Fsp3) is 0.556. The van der Waals surface area contributed by atoms with E-state index in [0.29, 0.717) is 12.0 Å². The van der Waals surface area contributed by atoms with Gasteiger partial charge in [-0.1, -0.05) is 12.1 Å². The average Bonchev–Trinajstić information content (AvgIpc) is 2.50. The van der Waals surface area contributed by atoms with Crippen molar-refractivity contribution in [1.82, 2.24) is 0 Å². The standard InChI is InChI=1S/C18H23NO4S/c1-24(21,22)13-16-10-17(23-18(20)11-16)5-3-2-4-14-6-8-15(12-19)9-7-14/h6-9,16-17H,2-5,10-11,13H2,1H3/t16-,17-/m0/s1. The molecule has 1 aromatic carbocycles. The molecule has 0 spiro atoms. The predicted octanol–water partition coefficient (Wildman–Crippen LogP) is 2.64. The molecule has 1 aromatic rings. The van der Waals surface area contributed by atoms with Gasteiger partial charge in [-0.15, -0.1) is 0 Å². The van der Waals surface area contributed by atoms with Gasteiger partial charge in [0.05, 0.1) is 17.4 Å². The Morgan fingerprint density at radius 3 is 2.58 bits per heavy atom. The molecule has 1 aliphatic heterocycles. The maximum absolute atomic E-state index is 11.6. The van der Waals surface area contributed by atoms with Crippen LogP contribution in [-0.4, -0.2) is 32.5 Å². The lowest BCUT2D eigenvalue weighted by Gasteiger charge is -2.28. The van der Waals surface area contributed by atoms with E-state index in [0.717, 1.165) is 25.7 Å². The summed E-state index contributed by atoms with van der Waals surface area (Å²) >= 11 is 0. The number of carbonyl (C=O) groups excluding carboxylic acids is 1. The van der Waals surface area contributed by atoms with Crippen LogP contribution < -0.4 is 0 Å². The number of hydrogen-bond donors (Lipinski definition) is 0. The molecule has 6 heteroatoms. The van der Waals surface area contributed by atoms with Crippen LogP contribution in [0.15, 0.2) is 24.3 Å². The zero-order valence-corrected chi connectivity index (χ0v) is 14.7. The molecule has 0 aromatic heterocycles. The summed E-state index contributed by atoms with van der Waals surface area (Å²) in [6.45, 7) is 0. The highest BCUT2D eigenvalue weighted by Crippen LogP contribution is 2.26. The van der Waals surface area contributed by atoms with Crippen molar-refractivity contribution in [3.8, 4) is 6.07 Å². The summed E-state index contributed by atoms with van der Waals surface area (Å²) in [5, 5.41) is 8.77. The lowest BCUT2D eigenvalue weighted by molar-refractivity contribution is -0.156. The van der Waals surface area contributed by atoms with Crippen LogP contribution in [0.25, 0.3) is 0 Å². The molecule has 0 aliphatic carbocycles. The summed E-state index contributed by atoms with van der Waals surface area (Å²) < 4.78 is 28.2. The van der Waals surface area contributed by atoms with E-state index in [2.05, 4.69) is 6.07 Å². The summed E-state index contributed by atoms with van der Waals surface area (Å²) in [7, 11) is -3.07. The molecule has 0 N–H and O–H groups in total. The molecule has 1 heterocycles. The first kappa shape index (κ1) is 18.5. The number of cyclic esters (lactones) is 1. The Morgan fingerprint density at radius 1 is 1.25 bits per heavy atom. The van der Waals surface area contributed by atoms with Gasteiger partial charge in [0.1, 0.15) is 15.9 Å². The molecular weight excluding hydrogens is 326 g/mol. The van der Waals surface area contributed by atoms with Crippen LogP contribution in [0.1, 0.15) is 43.2 Å². The van der Waals surface area contributed by atoms with Crippen molar-refractivity contribution in [1.29, 1.82) is 5.26 Å². The molecule has 2 atom stereocenters. The second-order valence-electron chi connectivity index (χ2n) is 6.56. The maximum atomic E-state index is 11.6. The van der Waals surface area contributed by atoms with Gasteiger partial charge in [0.15, 0.2) is 0 Å². The highest BCUT2D eigenvalue weighted by Gasteiger charge is 2.30. The van der Waals surface area contributed by atoms with Crippen molar-refractivity contribution >= 4 is 15.8 Å². The number of esters is 1. The molecule has 1 aliphatic rings. The lowest BCUT2D eigenvalue weighted by Crippen LogP contribution is -2.32. The maximum Gasteiger partial charge on any atom is 0.306 e. The van der Waals surface area contributed by atoms with Crippen molar-refractivity contribution in [2.75, 3.05) is 12.0 Å². The highest BCUT2D eigenvalue weighted by atomic mass is 32.2. The molecule has 0 unspecified atom stereocenters. The number of sulfone groups is 1. The number of hydrogen-bond acceptors (Lipinski definition) is 5. The molecule has 2 rings (SSSR count). The molecule has 0 radical (unpaired) electrons. The minimum Gasteiger partial charge on any atom is -0.462 e. The smallest absolute Gasteiger partial charge is 0.306 e. The summed E-state index contributed by atoms with van der Waals surface area (Å²) in [6.07, 6.45) is 5.45. The van der Waals surface area contributed by atoms with Gasteiger partial charge in [0.25, 0.3) is 0 Å². The summed E-state index contributed by atoms with van der Waals surface area (Å²) in [4.78, 5) is 11.6. The molecule has 0 amide bonds. The molecule has 130 valence electrons. The molecule has 1 saturated heterocycles. The van der Waals surface area contributed by atoms with Crippen molar-refractivity contribution in [2.45, 2.75) is 44.6 Å². The highest BCUT2D eigenvalue weighted by molar-refractivity contribution is 7.90. The van der Waals surface area contributed by atoms with E-state index in [9.17, 15) is 13.2 Å². The van der Waals surface area contributed by atoms with Gasteiger partial charge in [-0.2, -0.15) is 5.26 Å². The second kappa shape index (κ2) is 8.29. The van der Waals surface area contributed by atoms with Crippen LogP contribution >= 0.6 is 0 Å². The Morgan fingerprint density at radius 2 is 1.96 bits per heavy atom. The molecule has 5 nitrogen and oxygen atoms in total. The number of unbranched alkanes of at least 4 members (excludes halogenated alkanes) is 1. The number of aryl methyl sites for hydroxylation is 1. The van der Waals surface area contributed by atoms with E-state index in [1.807, 2.05) is 24.3 Å². The number of benzene rings is 1. The van der Waals surface area contributed by atoms with Gasteiger partial charge in [-0.3, -0.25) is 4.79 Å². The van der Waals surface area contributed by atoms with Crippen LogP contribution in [0.5, 0.6) is 0 Å². The predicted molar refractivity (Wildman–Crippen MR) is 91.0 cm³/mol. The van der Waals surface area contributed by atoms with E-state index in [1.54, 1.807) is 0 Å². The van der Waals surface area contributed by atoms with Crippen LogP contribution in [-0.2, 0) is 25.8 Å². The number of nitrogens with zero attached hydrogens (tertiary/aromatic N) is 1. The first-order valence-corrected chi connectivity index (χ1v) is 10.3. The van der Waals surface area contributed by atoms with E-state index in [-0.39, 0.29) is 30.2 Å². The lowest BCUT2D eigenvalue weighted by atomic mass is 9.93. The third kappa shape index (κ3) is 6.32. The Labute approximate surface area is 143 Å². The number of ether oxygens (including phenoxy) is 1. The molecular formula is C18H23NO4S. The zero-order chi connectivity index (χ0) is 17.6. The average molecular weight is 349 g/mol. The minimum absolute atomic E-state index is 0.0594. The molecule has 24 heavy (non-hydrogen) atoms. The first-order valence-electron chi connectivity index (χ1n) is 8.22. The van der Waals surface area contributed by atoms with Crippen LogP contribution in [0.3, 0.4) is 0 Å². The van der Waals surface area contributed by atoms with Gasteiger partial charge in [0.2, 0.25) is 0 Å². The minimum atomic E-state index is -3.07. The first-order chi connectivity index (χ1) is 11.4. The Hall–Kier alpha value is -1.87. The van der Waals surface area contributed by atoms with Gasteiger partial charge in [-0.25, -0.2) is 8.42 Å². The van der Waals surface area contributed by atoms with Crippen LogP contribution in [0, 0.1) is 17.2 Å². The van der Waals surface area contributed by atoms with Crippen LogP contribution in [0.4, 0.5) is 0 Å². The Kier molecular flexibility index (Phi) is 6.38. The third-order valence-electron chi connectivity index (χ3n) is 4.21. The van der Waals surface area contributed by atoms with E-state index >= 15 is 0 Å². The Balaban J connectivity index is 1.74. The Bertz CT molecular complexity index is 704. The summed E-state index contributed by atoms with van der Waals surface area (Å²) in [6, 6.07) is 9.64. The van der Waals surface area contributed by atoms with E-state index in [4.69, 9.17) is 10.00 Å². The molecule has 1 fully saturated rings. The van der Waals surface area contributed by atoms with Crippen molar-refractivity contribution in [3.63, 3.8) is 0 Å². The number of nitriles is 1. The zero-order valence-electron chi connectivity index (χ0n) is 13.9. The number of rotatable bonds is 7. The molecule has 0 saturated carbocycles. The van der Waals surface area contributed by atoms with Gasteiger partial charge >= 0.3 is 5.97 Å². The van der Waals surface area contributed by atoms with E-state index < -0.39 is 9.84 Å². The summed E-state index contributed by atoms with van der Waals surface area (Å²) in [5.41, 5.74) is 1.84. The van der Waals surface area contributed by atoms with Crippen molar-refractivity contribution < 1.29 is 17.9 Å². The second-order valence-corrected chi connectivity index (χ2v) is 8.75. The monoisotopic (exact) mass is 349 g/mol. The fourth-order valence-electron chi connectivity index (χ4n) is 3.15. The van der Waals surface area contributed by atoms with Gasteiger partial charge < -0.3 is 4.74 Å². The SMILES string of the molecule is CS(=O)(=O)C[C@@H]1CC(=O)O[C@@H](CCCCc2ccc(C#N)cc2)C1. The van der Waals surface area contributed by atoms with Crippen molar-refractivity contribution in [3.05, 3.63) is 35.4 Å². The largest absolute Gasteiger partial charge is 0.462 e. The molecule has 0 bridgehead atoms. The van der Waals surface area contributed by atoms with Gasteiger partial charge in [0, 0.05) is 12.7 Å². The van der Waals surface area contributed by atoms with E-state index in [1.165, 1.54) is 11.8 Å². The summed E-state index contributed by atoms with van der Waals surface area (Å²) in [5.74, 6) is -0.346. The number of carbonyl (C=O) groups is 1. The normalized spacial score (nSPS) is 21.1. The fourth-order valence-corrected chi connectivity index (χ4v) is 4.26. The quantitative estimate of drug-likeness (QED) is 0.558. The van der Waals surface area contributed by atoms with Crippen molar-refractivity contribution in [2.24, 2.45) is 5.92 Å². The third-order valence-corrected chi connectivity index (χ3v) is 5.29. The van der Waals surface area contributed by atoms with Gasteiger partial charge in [-0.05, 0) is 55.7 Å².